The van der Waals surface area contributed by atoms with Gasteiger partial charge in [-0.25, -0.2) is 14.6 Å². The summed E-state index contributed by atoms with van der Waals surface area (Å²) in [6.07, 6.45) is -3.76. The number of imidazole rings is 1. The first-order valence-corrected chi connectivity index (χ1v) is 11.4. The predicted molar refractivity (Wildman–Crippen MR) is 128 cm³/mol. The highest BCUT2D eigenvalue weighted by Crippen LogP contribution is 2.31. The lowest BCUT2D eigenvalue weighted by molar-refractivity contribution is -0.193. The molecule has 0 fully saturated rings. The molecule has 4 aromatic rings. The molecule has 3 aromatic heterocycles. The fourth-order valence-electron chi connectivity index (χ4n) is 3.53. The molecule has 11 nitrogen and oxygen atoms in total. The van der Waals surface area contributed by atoms with Gasteiger partial charge in [0.25, 0.3) is 5.89 Å². The Bertz CT molecular complexity index is 1480. The average molecular weight is 586 g/mol. The van der Waals surface area contributed by atoms with Crippen LogP contribution in [0.25, 0.3) is 34.2 Å². The average Bonchev–Trinajstić information content (AvgIpc) is 3.61. The van der Waals surface area contributed by atoms with E-state index in [1.54, 1.807) is 12.4 Å². The normalized spacial score (nSPS) is 12.8. The van der Waals surface area contributed by atoms with E-state index in [1.807, 2.05) is 37.4 Å². The first kappa shape index (κ1) is 30.7. The van der Waals surface area contributed by atoms with Gasteiger partial charge in [-0.05, 0) is 43.1 Å². The van der Waals surface area contributed by atoms with Crippen LogP contribution in [0.4, 0.5) is 26.3 Å². The van der Waals surface area contributed by atoms with Gasteiger partial charge >= 0.3 is 24.3 Å². The van der Waals surface area contributed by atoms with E-state index in [4.69, 9.17) is 24.3 Å². The summed E-state index contributed by atoms with van der Waals surface area (Å²) >= 11 is 0. The third-order valence-electron chi connectivity index (χ3n) is 5.35. The van der Waals surface area contributed by atoms with Crippen LogP contribution in [0.2, 0.25) is 0 Å². The summed E-state index contributed by atoms with van der Waals surface area (Å²) in [5, 5.41) is 21.9. The quantitative estimate of drug-likeness (QED) is 0.253. The number of halogens is 6. The maximum atomic E-state index is 10.6. The Morgan fingerprint density at radius 3 is 2.22 bits per heavy atom. The van der Waals surface area contributed by atoms with Gasteiger partial charge in [-0.3, -0.25) is 4.98 Å². The Labute approximate surface area is 226 Å². The zero-order valence-electron chi connectivity index (χ0n) is 20.8. The van der Waals surface area contributed by atoms with Gasteiger partial charge in [0, 0.05) is 47.5 Å². The minimum absolute atomic E-state index is 0.490. The molecule has 218 valence electrons. The van der Waals surface area contributed by atoms with Gasteiger partial charge in [0.1, 0.15) is 5.82 Å². The Kier molecular flexibility index (Phi) is 9.43. The fraction of sp³-hybridized carbons (Fsp3) is 0.250. The minimum Gasteiger partial charge on any atom is -0.475 e. The first-order chi connectivity index (χ1) is 19.2. The molecule has 0 bridgehead atoms. The Morgan fingerprint density at radius 1 is 1.00 bits per heavy atom. The van der Waals surface area contributed by atoms with Crippen molar-refractivity contribution >= 4 is 11.9 Å². The molecule has 1 aliphatic heterocycles. The van der Waals surface area contributed by atoms with Crippen LogP contribution in [-0.2, 0) is 22.6 Å². The number of aromatic amines is 1. The van der Waals surface area contributed by atoms with Crippen molar-refractivity contribution in [3.05, 3.63) is 59.7 Å². The summed E-state index contributed by atoms with van der Waals surface area (Å²) in [5.74, 6) is -3.62. The number of benzene rings is 1. The minimum atomic E-state index is -5.08. The summed E-state index contributed by atoms with van der Waals surface area (Å²) in [7, 11) is 0. The molecule has 41 heavy (non-hydrogen) atoms. The van der Waals surface area contributed by atoms with Crippen LogP contribution in [0.15, 0.2) is 47.4 Å². The number of fused-ring (bicyclic) bond motifs is 1. The molecule has 0 amide bonds. The highest BCUT2D eigenvalue weighted by Gasteiger charge is 2.38. The Hall–Kier alpha value is -4.80. The van der Waals surface area contributed by atoms with E-state index in [-0.39, 0.29) is 0 Å². The van der Waals surface area contributed by atoms with Gasteiger partial charge in [-0.15, -0.1) is 0 Å². The van der Waals surface area contributed by atoms with E-state index in [0.717, 1.165) is 47.7 Å². The van der Waals surface area contributed by atoms with Crippen LogP contribution in [0.5, 0.6) is 0 Å². The van der Waals surface area contributed by atoms with Gasteiger partial charge in [-0.1, -0.05) is 17.3 Å². The van der Waals surface area contributed by atoms with E-state index in [0.29, 0.717) is 11.7 Å². The molecule has 0 radical (unpaired) electrons. The molecule has 5 rings (SSSR count). The van der Waals surface area contributed by atoms with Crippen molar-refractivity contribution in [3.63, 3.8) is 0 Å². The third-order valence-corrected chi connectivity index (χ3v) is 5.35. The van der Waals surface area contributed by atoms with Crippen molar-refractivity contribution in [1.29, 1.82) is 0 Å². The van der Waals surface area contributed by atoms with E-state index in [9.17, 15) is 26.3 Å². The second-order valence-corrected chi connectivity index (χ2v) is 8.20. The molecular weight excluding hydrogens is 566 g/mol. The molecule has 1 aromatic carbocycles. The van der Waals surface area contributed by atoms with Crippen LogP contribution in [0, 0.1) is 6.92 Å². The zero-order chi connectivity index (χ0) is 30.4. The number of hydrogen-bond acceptors (Lipinski definition) is 8. The number of pyridine rings is 1. The molecular formula is C24H20F6N6O5. The number of alkyl halides is 6. The summed E-state index contributed by atoms with van der Waals surface area (Å²) in [6, 6.07) is 7.90. The fourth-order valence-corrected chi connectivity index (χ4v) is 3.53. The number of hydrogen-bond donors (Lipinski definition) is 4. The molecule has 0 atom stereocenters. The molecule has 0 spiro atoms. The maximum Gasteiger partial charge on any atom is 0.490 e. The lowest BCUT2D eigenvalue weighted by atomic mass is 9.95. The van der Waals surface area contributed by atoms with Gasteiger partial charge in [-0.2, -0.15) is 31.3 Å². The molecule has 4 N–H and O–H groups in total. The highest BCUT2D eigenvalue weighted by atomic mass is 19.4. The number of carboxylic acid groups (broad SMARTS) is 2. The van der Waals surface area contributed by atoms with Crippen molar-refractivity contribution in [2.75, 3.05) is 6.54 Å². The summed E-state index contributed by atoms with van der Waals surface area (Å²) in [6.45, 7) is 3.76. The molecule has 0 saturated heterocycles. The van der Waals surface area contributed by atoms with Crippen molar-refractivity contribution in [1.82, 2.24) is 30.4 Å². The van der Waals surface area contributed by atoms with Crippen molar-refractivity contribution in [2.24, 2.45) is 0 Å². The van der Waals surface area contributed by atoms with E-state index in [2.05, 4.69) is 30.4 Å². The van der Waals surface area contributed by atoms with E-state index in [1.165, 1.54) is 11.1 Å². The highest BCUT2D eigenvalue weighted by molar-refractivity contribution is 5.73. The smallest absolute Gasteiger partial charge is 0.475 e. The van der Waals surface area contributed by atoms with Gasteiger partial charge < -0.3 is 25.0 Å². The number of nitrogens with zero attached hydrogens (tertiary/aromatic N) is 4. The van der Waals surface area contributed by atoms with E-state index >= 15 is 0 Å². The number of nitrogens with one attached hydrogen (secondary N) is 2. The number of aromatic nitrogens is 5. The number of carboxylic acids is 2. The molecule has 0 aliphatic carbocycles. The van der Waals surface area contributed by atoms with Crippen molar-refractivity contribution in [2.45, 2.75) is 32.2 Å². The largest absolute Gasteiger partial charge is 0.490 e. The summed E-state index contributed by atoms with van der Waals surface area (Å²) in [5.41, 5.74) is 6.21. The summed E-state index contributed by atoms with van der Waals surface area (Å²) < 4.78 is 69.1. The van der Waals surface area contributed by atoms with Crippen LogP contribution in [0.1, 0.15) is 16.8 Å². The number of aliphatic carboxylic acids is 2. The Morgan fingerprint density at radius 2 is 1.63 bits per heavy atom. The van der Waals surface area contributed by atoms with Gasteiger partial charge in [0.15, 0.2) is 0 Å². The van der Waals surface area contributed by atoms with Crippen LogP contribution < -0.4 is 5.32 Å². The number of carbonyl (C=O) groups is 2. The van der Waals surface area contributed by atoms with Crippen molar-refractivity contribution < 1.29 is 50.7 Å². The molecule has 0 unspecified atom stereocenters. The molecule has 0 saturated carbocycles. The monoisotopic (exact) mass is 586 g/mol. The van der Waals surface area contributed by atoms with E-state index < -0.39 is 24.3 Å². The Balaban J connectivity index is 0.000000276. The molecule has 1 aliphatic rings. The van der Waals surface area contributed by atoms with Gasteiger partial charge in [0.2, 0.25) is 5.82 Å². The standard InChI is InChI=1S/C20H18N6O.2C2HF3O2/c1-12-17(16-5-6-21-10-15(16)11-24-12)19-25-20(27-26-19)14-4-2-3-13(9-14)18-22-7-8-23-18;2*3-2(4,5)1(6)7/h2-4,7-9,11,21H,5-6,10H2,1H3,(H,22,23);2*(H,6,7). The lowest BCUT2D eigenvalue weighted by Crippen LogP contribution is -2.24. The summed E-state index contributed by atoms with van der Waals surface area (Å²) in [4.78, 5) is 34.4. The van der Waals surface area contributed by atoms with Crippen LogP contribution in [0.3, 0.4) is 0 Å². The second-order valence-electron chi connectivity index (χ2n) is 8.20. The first-order valence-electron chi connectivity index (χ1n) is 11.4. The number of aryl methyl sites for hydroxylation is 1. The maximum absolute atomic E-state index is 10.6. The number of H-pyrrole nitrogens is 1. The lowest BCUT2D eigenvalue weighted by Gasteiger charge is -2.19. The van der Waals surface area contributed by atoms with Crippen LogP contribution in [-0.4, -0.2) is 66.1 Å². The van der Waals surface area contributed by atoms with Crippen LogP contribution >= 0.6 is 0 Å². The third kappa shape index (κ3) is 8.10. The van der Waals surface area contributed by atoms with Gasteiger partial charge in [0.05, 0.1) is 0 Å². The molecule has 17 heteroatoms. The predicted octanol–water partition coefficient (Wildman–Crippen LogP) is 4.41. The topological polar surface area (TPSA) is 167 Å². The SMILES string of the molecule is Cc1ncc2c(c1-c1noc(-c3cccc(-c4ncc[nH]4)c3)n1)CCNC2.O=C(O)C(F)(F)F.O=C(O)C(F)(F)F. The second kappa shape index (κ2) is 12.6. The number of rotatable bonds is 3. The van der Waals surface area contributed by atoms with Crippen molar-refractivity contribution in [3.8, 4) is 34.2 Å². The zero-order valence-corrected chi connectivity index (χ0v) is 20.8. The molecule has 4 heterocycles.